The van der Waals surface area contributed by atoms with Gasteiger partial charge in [-0.15, -0.1) is 0 Å². The van der Waals surface area contributed by atoms with Crippen LogP contribution in [0.25, 0.3) is 0 Å². The maximum atomic E-state index is 5.39. The predicted molar refractivity (Wildman–Crippen MR) is 73.8 cm³/mol. The maximum Gasteiger partial charge on any atom is 0.0615 e. The highest BCUT2D eigenvalue weighted by Crippen LogP contribution is 2.41. The highest BCUT2D eigenvalue weighted by Gasteiger charge is 2.46. The van der Waals surface area contributed by atoms with E-state index in [1.54, 1.807) is 0 Å². The van der Waals surface area contributed by atoms with Gasteiger partial charge in [-0.1, -0.05) is 12.8 Å². The van der Waals surface area contributed by atoms with E-state index in [4.69, 9.17) is 4.74 Å². The van der Waals surface area contributed by atoms with E-state index < -0.39 is 0 Å². The molecule has 2 saturated carbocycles. The van der Waals surface area contributed by atoms with Crippen molar-refractivity contribution in [3.05, 3.63) is 0 Å². The van der Waals surface area contributed by atoms with Crippen molar-refractivity contribution in [1.82, 2.24) is 10.2 Å². The summed E-state index contributed by atoms with van der Waals surface area (Å²) in [6.45, 7) is 5.67. The molecule has 3 aliphatic rings. The lowest BCUT2D eigenvalue weighted by Crippen LogP contribution is -2.66. The number of rotatable bonds is 4. The summed E-state index contributed by atoms with van der Waals surface area (Å²) in [5.41, 5.74) is 0.438. The summed E-state index contributed by atoms with van der Waals surface area (Å²) in [5, 5.41) is 3.91. The van der Waals surface area contributed by atoms with Gasteiger partial charge in [-0.25, -0.2) is 0 Å². The van der Waals surface area contributed by atoms with Crippen molar-refractivity contribution in [1.29, 1.82) is 0 Å². The van der Waals surface area contributed by atoms with Crippen LogP contribution in [-0.2, 0) is 4.74 Å². The van der Waals surface area contributed by atoms with E-state index in [-0.39, 0.29) is 0 Å². The van der Waals surface area contributed by atoms with E-state index in [1.807, 2.05) is 7.11 Å². The van der Waals surface area contributed by atoms with Crippen LogP contribution in [-0.4, -0.2) is 49.3 Å². The third kappa shape index (κ3) is 2.45. The highest BCUT2D eigenvalue weighted by atomic mass is 16.5. The Hall–Kier alpha value is -0.120. The van der Waals surface area contributed by atoms with Crippen LogP contribution in [0, 0.1) is 5.92 Å². The van der Waals surface area contributed by atoms with Crippen molar-refractivity contribution >= 4 is 0 Å². The summed E-state index contributed by atoms with van der Waals surface area (Å²) in [4.78, 5) is 2.77. The number of hydrogen-bond donors (Lipinski definition) is 1. The molecule has 104 valence electrons. The van der Waals surface area contributed by atoms with Crippen molar-refractivity contribution in [2.24, 2.45) is 5.92 Å². The largest absolute Gasteiger partial charge is 0.383 e. The zero-order valence-corrected chi connectivity index (χ0v) is 12.0. The van der Waals surface area contributed by atoms with Gasteiger partial charge in [0.05, 0.1) is 6.61 Å². The molecule has 1 N–H and O–H groups in total. The molecular weight excluding hydrogens is 224 g/mol. The molecule has 3 heteroatoms. The number of piperazine rings is 1. The molecule has 2 aliphatic carbocycles. The highest BCUT2D eigenvalue weighted by molar-refractivity contribution is 5.05. The SMILES string of the molecule is COCC(C)N1CC2(CCCC2)NCC1C1CC1. The number of nitrogens with one attached hydrogen (secondary N) is 1. The van der Waals surface area contributed by atoms with Crippen molar-refractivity contribution in [3.8, 4) is 0 Å². The lowest BCUT2D eigenvalue weighted by molar-refractivity contribution is 0.00819. The van der Waals surface area contributed by atoms with Crippen molar-refractivity contribution in [2.45, 2.75) is 63.1 Å². The van der Waals surface area contributed by atoms with E-state index in [1.165, 1.54) is 51.6 Å². The molecule has 2 unspecified atom stereocenters. The summed E-state index contributed by atoms with van der Waals surface area (Å²) in [7, 11) is 1.83. The van der Waals surface area contributed by atoms with Crippen LogP contribution in [0.1, 0.15) is 45.4 Å². The summed E-state index contributed by atoms with van der Waals surface area (Å²) in [6.07, 6.45) is 8.45. The second-order valence-electron chi connectivity index (χ2n) is 6.75. The Morgan fingerprint density at radius 1 is 1.33 bits per heavy atom. The molecule has 0 aromatic rings. The minimum absolute atomic E-state index is 0.438. The Bertz CT molecular complexity index is 284. The standard InChI is InChI=1S/C15H28N2O/c1-12(10-18-2)17-11-15(7-3-4-8-15)16-9-14(17)13-5-6-13/h12-14,16H,3-11H2,1-2H3. The van der Waals surface area contributed by atoms with E-state index in [9.17, 15) is 0 Å². The van der Waals surface area contributed by atoms with Crippen LogP contribution >= 0.6 is 0 Å². The van der Waals surface area contributed by atoms with Gasteiger partial charge in [0.25, 0.3) is 0 Å². The lowest BCUT2D eigenvalue weighted by Gasteiger charge is -2.49. The minimum Gasteiger partial charge on any atom is -0.383 e. The first-order valence-corrected chi connectivity index (χ1v) is 7.74. The van der Waals surface area contributed by atoms with Crippen LogP contribution in [0.3, 0.4) is 0 Å². The Morgan fingerprint density at radius 2 is 2.06 bits per heavy atom. The molecule has 0 aromatic heterocycles. The fourth-order valence-corrected chi connectivity index (χ4v) is 4.09. The zero-order chi connectivity index (χ0) is 12.6. The maximum absolute atomic E-state index is 5.39. The van der Waals surface area contributed by atoms with Gasteiger partial charge >= 0.3 is 0 Å². The van der Waals surface area contributed by atoms with Crippen molar-refractivity contribution < 1.29 is 4.74 Å². The summed E-state index contributed by atoms with van der Waals surface area (Å²) in [6, 6.07) is 1.33. The van der Waals surface area contributed by atoms with Gasteiger partial charge in [0.2, 0.25) is 0 Å². The average molecular weight is 252 g/mol. The quantitative estimate of drug-likeness (QED) is 0.828. The Kier molecular flexibility index (Phi) is 3.65. The van der Waals surface area contributed by atoms with Gasteiger partial charge in [0.15, 0.2) is 0 Å². The van der Waals surface area contributed by atoms with E-state index >= 15 is 0 Å². The minimum atomic E-state index is 0.438. The van der Waals surface area contributed by atoms with Crippen molar-refractivity contribution in [3.63, 3.8) is 0 Å². The molecule has 1 heterocycles. The molecule has 1 aliphatic heterocycles. The molecule has 3 fully saturated rings. The van der Waals surface area contributed by atoms with E-state index in [0.29, 0.717) is 11.6 Å². The first kappa shape index (κ1) is 12.9. The first-order chi connectivity index (χ1) is 8.74. The fourth-order valence-electron chi connectivity index (χ4n) is 4.09. The third-order valence-electron chi connectivity index (χ3n) is 5.30. The smallest absolute Gasteiger partial charge is 0.0615 e. The topological polar surface area (TPSA) is 24.5 Å². The van der Waals surface area contributed by atoms with Gasteiger partial charge in [-0.05, 0) is 38.5 Å². The molecule has 18 heavy (non-hydrogen) atoms. The molecule has 3 rings (SSSR count). The van der Waals surface area contributed by atoms with Gasteiger partial charge in [-0.3, -0.25) is 4.90 Å². The second-order valence-corrected chi connectivity index (χ2v) is 6.75. The third-order valence-corrected chi connectivity index (χ3v) is 5.30. The number of hydrogen-bond acceptors (Lipinski definition) is 3. The molecule has 0 bridgehead atoms. The molecule has 1 spiro atoms. The van der Waals surface area contributed by atoms with E-state index in [0.717, 1.165) is 18.6 Å². The molecule has 2 atom stereocenters. The molecule has 1 saturated heterocycles. The summed E-state index contributed by atoms with van der Waals surface area (Å²) < 4.78 is 5.39. The average Bonchev–Trinajstić information content (AvgIpc) is 3.12. The number of ether oxygens (including phenoxy) is 1. The molecule has 0 aromatic carbocycles. The van der Waals surface area contributed by atoms with Gasteiger partial charge < -0.3 is 10.1 Å². The van der Waals surface area contributed by atoms with Crippen LogP contribution in [0.2, 0.25) is 0 Å². The Labute approximate surface area is 111 Å². The van der Waals surface area contributed by atoms with E-state index in [2.05, 4.69) is 17.1 Å². The lowest BCUT2D eigenvalue weighted by atomic mass is 9.90. The van der Waals surface area contributed by atoms with Gasteiger partial charge in [-0.2, -0.15) is 0 Å². The summed E-state index contributed by atoms with van der Waals surface area (Å²) >= 11 is 0. The molecule has 0 radical (unpaired) electrons. The first-order valence-electron chi connectivity index (χ1n) is 7.74. The van der Waals surface area contributed by atoms with Crippen LogP contribution in [0.5, 0.6) is 0 Å². The van der Waals surface area contributed by atoms with Crippen LogP contribution in [0.15, 0.2) is 0 Å². The Balaban J connectivity index is 1.70. The monoisotopic (exact) mass is 252 g/mol. The van der Waals surface area contributed by atoms with Crippen LogP contribution < -0.4 is 5.32 Å². The fraction of sp³-hybridized carbons (Fsp3) is 1.00. The molecule has 0 amide bonds. The molecule has 3 nitrogen and oxygen atoms in total. The molecular formula is C15H28N2O. The second kappa shape index (κ2) is 5.10. The van der Waals surface area contributed by atoms with Crippen molar-refractivity contribution in [2.75, 3.05) is 26.8 Å². The Morgan fingerprint density at radius 3 is 2.67 bits per heavy atom. The normalized spacial score (nSPS) is 34.0. The summed E-state index contributed by atoms with van der Waals surface area (Å²) in [5.74, 6) is 0.954. The zero-order valence-electron chi connectivity index (χ0n) is 12.0. The van der Waals surface area contributed by atoms with Crippen LogP contribution in [0.4, 0.5) is 0 Å². The number of methoxy groups -OCH3 is 1. The predicted octanol–water partition coefficient (Wildman–Crippen LogP) is 2.02. The number of nitrogens with zero attached hydrogens (tertiary/aromatic N) is 1. The van der Waals surface area contributed by atoms with Gasteiger partial charge in [0, 0.05) is 37.8 Å². The van der Waals surface area contributed by atoms with Gasteiger partial charge in [0.1, 0.15) is 0 Å².